The quantitative estimate of drug-likeness (QED) is 0.895. The van der Waals surface area contributed by atoms with Crippen LogP contribution >= 0.6 is 0 Å². The fraction of sp³-hybridized carbons (Fsp3) is 0.588. The van der Waals surface area contributed by atoms with Gasteiger partial charge in [0.05, 0.1) is 12.0 Å². The lowest BCUT2D eigenvalue weighted by molar-refractivity contribution is 0.174. The Hall–Kier alpha value is -1.37. The fourth-order valence-electron chi connectivity index (χ4n) is 3.15. The molecule has 1 aliphatic rings. The van der Waals surface area contributed by atoms with Crippen LogP contribution in [0.3, 0.4) is 0 Å². The van der Waals surface area contributed by atoms with Gasteiger partial charge in [0.2, 0.25) is 0 Å². The third kappa shape index (κ3) is 3.82. The Balaban J connectivity index is 1.90. The van der Waals surface area contributed by atoms with Crippen LogP contribution in [-0.4, -0.2) is 37.6 Å². The molecule has 0 radical (unpaired) electrons. The molecule has 1 saturated carbocycles. The Labute approximate surface area is 122 Å². The van der Waals surface area contributed by atoms with Gasteiger partial charge in [0.15, 0.2) is 0 Å². The molecule has 3 heteroatoms. The van der Waals surface area contributed by atoms with Gasteiger partial charge in [-0.15, -0.1) is 0 Å². The fourth-order valence-corrected chi connectivity index (χ4v) is 3.15. The Kier molecular flexibility index (Phi) is 5.58. The Bertz CT molecular complexity index is 429. The van der Waals surface area contributed by atoms with Crippen molar-refractivity contribution in [2.24, 2.45) is 0 Å². The zero-order valence-electron chi connectivity index (χ0n) is 12.5. The molecule has 1 atom stereocenters. The molecule has 1 unspecified atom stereocenters. The maximum absolute atomic E-state index is 9.42. The molecule has 0 saturated heterocycles. The molecular formula is C17H25N3. The summed E-state index contributed by atoms with van der Waals surface area (Å²) in [4.78, 5) is 2.38. The van der Waals surface area contributed by atoms with Gasteiger partial charge in [0.25, 0.3) is 0 Å². The lowest BCUT2D eigenvalue weighted by atomic mass is 9.89. The molecule has 0 heterocycles. The first-order valence-electron chi connectivity index (χ1n) is 7.56. The van der Waals surface area contributed by atoms with E-state index < -0.39 is 0 Å². The van der Waals surface area contributed by atoms with Gasteiger partial charge in [-0.3, -0.25) is 0 Å². The lowest BCUT2D eigenvalue weighted by Gasteiger charge is -2.35. The first kappa shape index (κ1) is 15.0. The van der Waals surface area contributed by atoms with Gasteiger partial charge >= 0.3 is 0 Å². The standard InChI is InChI=1S/C17H25N3/c1-19-16-8-10-17(11-9-16)20(2)13-15(12-18)14-6-4-3-5-7-14/h3-7,15-17,19H,8-11,13H2,1-2H3. The number of nitrogens with zero attached hydrogens (tertiary/aromatic N) is 2. The summed E-state index contributed by atoms with van der Waals surface area (Å²) < 4.78 is 0. The molecule has 3 nitrogen and oxygen atoms in total. The first-order chi connectivity index (χ1) is 9.74. The van der Waals surface area contributed by atoms with Gasteiger partial charge < -0.3 is 10.2 Å². The average molecular weight is 271 g/mol. The largest absolute Gasteiger partial charge is 0.317 e. The molecule has 0 aromatic heterocycles. The lowest BCUT2D eigenvalue weighted by Crippen LogP contribution is -2.41. The van der Waals surface area contributed by atoms with Crippen LogP contribution in [-0.2, 0) is 0 Å². The summed E-state index contributed by atoms with van der Waals surface area (Å²) in [7, 11) is 4.22. The van der Waals surface area contributed by atoms with Gasteiger partial charge in [-0.25, -0.2) is 0 Å². The van der Waals surface area contributed by atoms with E-state index in [4.69, 9.17) is 0 Å². The molecule has 1 aliphatic carbocycles. The Morgan fingerprint density at radius 3 is 2.45 bits per heavy atom. The van der Waals surface area contributed by atoms with Crippen LogP contribution in [0.4, 0.5) is 0 Å². The molecule has 1 fully saturated rings. The van der Waals surface area contributed by atoms with Crippen molar-refractivity contribution in [2.45, 2.75) is 43.7 Å². The minimum Gasteiger partial charge on any atom is -0.317 e. The van der Waals surface area contributed by atoms with Crippen LogP contribution in [0.15, 0.2) is 30.3 Å². The van der Waals surface area contributed by atoms with E-state index in [-0.39, 0.29) is 5.92 Å². The molecular weight excluding hydrogens is 246 g/mol. The third-order valence-electron chi connectivity index (χ3n) is 4.56. The number of likely N-dealkylation sites (N-methyl/N-ethyl adjacent to an activating group) is 1. The summed E-state index contributed by atoms with van der Waals surface area (Å²) in [6.45, 7) is 0.829. The molecule has 0 bridgehead atoms. The van der Waals surface area contributed by atoms with E-state index in [9.17, 15) is 5.26 Å². The van der Waals surface area contributed by atoms with Crippen LogP contribution < -0.4 is 5.32 Å². The summed E-state index contributed by atoms with van der Waals surface area (Å²) in [6, 6.07) is 13.9. The van der Waals surface area contributed by atoms with Crippen molar-refractivity contribution in [1.82, 2.24) is 10.2 Å². The van der Waals surface area contributed by atoms with Crippen molar-refractivity contribution in [1.29, 1.82) is 5.26 Å². The predicted molar refractivity (Wildman–Crippen MR) is 82.5 cm³/mol. The van der Waals surface area contributed by atoms with Crippen molar-refractivity contribution < 1.29 is 0 Å². The van der Waals surface area contributed by atoms with E-state index in [1.54, 1.807) is 0 Å². The SMILES string of the molecule is CNC1CCC(N(C)CC(C#N)c2ccccc2)CC1. The molecule has 20 heavy (non-hydrogen) atoms. The van der Waals surface area contributed by atoms with Crippen LogP contribution in [0.1, 0.15) is 37.2 Å². The van der Waals surface area contributed by atoms with E-state index in [2.05, 4.69) is 42.5 Å². The number of hydrogen-bond donors (Lipinski definition) is 1. The van der Waals surface area contributed by atoms with E-state index in [0.717, 1.165) is 12.1 Å². The second kappa shape index (κ2) is 7.42. The van der Waals surface area contributed by atoms with E-state index in [1.165, 1.54) is 25.7 Å². The van der Waals surface area contributed by atoms with Gasteiger partial charge in [-0.05, 0) is 45.3 Å². The van der Waals surface area contributed by atoms with Gasteiger partial charge in [-0.2, -0.15) is 5.26 Å². The minimum absolute atomic E-state index is 0.0248. The molecule has 1 N–H and O–H groups in total. The number of hydrogen-bond acceptors (Lipinski definition) is 3. The summed E-state index contributed by atoms with van der Waals surface area (Å²) in [5, 5.41) is 12.8. The highest BCUT2D eigenvalue weighted by molar-refractivity contribution is 5.25. The second-order valence-corrected chi connectivity index (χ2v) is 5.83. The molecule has 108 valence electrons. The molecule has 0 aliphatic heterocycles. The number of benzene rings is 1. The van der Waals surface area contributed by atoms with Crippen LogP contribution in [0, 0.1) is 11.3 Å². The van der Waals surface area contributed by atoms with Gasteiger partial charge in [0, 0.05) is 18.6 Å². The average Bonchev–Trinajstić information content (AvgIpc) is 2.53. The number of nitriles is 1. The minimum atomic E-state index is -0.0248. The van der Waals surface area contributed by atoms with Crippen molar-refractivity contribution in [3.63, 3.8) is 0 Å². The van der Waals surface area contributed by atoms with E-state index in [1.807, 2.05) is 18.2 Å². The van der Waals surface area contributed by atoms with Crippen LogP contribution in [0.5, 0.6) is 0 Å². The van der Waals surface area contributed by atoms with Crippen LogP contribution in [0.2, 0.25) is 0 Å². The molecule has 1 aromatic carbocycles. The normalized spacial score (nSPS) is 24.3. The Morgan fingerprint density at radius 2 is 1.90 bits per heavy atom. The molecule has 0 spiro atoms. The second-order valence-electron chi connectivity index (χ2n) is 5.83. The molecule has 0 amide bonds. The smallest absolute Gasteiger partial charge is 0.0839 e. The van der Waals surface area contributed by atoms with Crippen molar-refractivity contribution in [3.8, 4) is 6.07 Å². The molecule has 2 rings (SSSR count). The summed E-state index contributed by atoms with van der Waals surface area (Å²) in [5.74, 6) is -0.0248. The topological polar surface area (TPSA) is 39.1 Å². The number of nitrogens with one attached hydrogen (secondary N) is 1. The third-order valence-corrected chi connectivity index (χ3v) is 4.56. The highest BCUT2D eigenvalue weighted by Crippen LogP contribution is 2.24. The first-order valence-corrected chi connectivity index (χ1v) is 7.56. The maximum atomic E-state index is 9.42. The monoisotopic (exact) mass is 271 g/mol. The zero-order chi connectivity index (χ0) is 14.4. The van der Waals surface area contributed by atoms with Crippen molar-refractivity contribution in [2.75, 3.05) is 20.6 Å². The molecule has 1 aromatic rings. The van der Waals surface area contributed by atoms with Gasteiger partial charge in [0.1, 0.15) is 0 Å². The zero-order valence-corrected chi connectivity index (χ0v) is 12.5. The van der Waals surface area contributed by atoms with E-state index >= 15 is 0 Å². The van der Waals surface area contributed by atoms with E-state index in [0.29, 0.717) is 12.1 Å². The van der Waals surface area contributed by atoms with Crippen LogP contribution in [0.25, 0.3) is 0 Å². The highest BCUT2D eigenvalue weighted by Gasteiger charge is 2.25. The summed E-state index contributed by atoms with van der Waals surface area (Å²) >= 11 is 0. The maximum Gasteiger partial charge on any atom is 0.0839 e. The number of rotatable bonds is 5. The Morgan fingerprint density at radius 1 is 1.25 bits per heavy atom. The highest BCUT2D eigenvalue weighted by atomic mass is 15.1. The summed E-state index contributed by atoms with van der Waals surface area (Å²) in [6.07, 6.45) is 4.95. The summed E-state index contributed by atoms with van der Waals surface area (Å²) in [5.41, 5.74) is 1.13. The predicted octanol–water partition coefficient (Wildman–Crippen LogP) is 2.76. The van der Waals surface area contributed by atoms with Crippen molar-refractivity contribution >= 4 is 0 Å². The van der Waals surface area contributed by atoms with Crippen molar-refractivity contribution in [3.05, 3.63) is 35.9 Å². The van der Waals surface area contributed by atoms with Gasteiger partial charge in [-0.1, -0.05) is 30.3 Å².